The molecule has 0 aromatic heterocycles. The number of nitrogens with one attached hydrogen (secondary N) is 1. The van der Waals surface area contributed by atoms with Crippen molar-refractivity contribution in [3.63, 3.8) is 0 Å². The Bertz CT molecular complexity index is 446. The largest absolute Gasteiger partial charge is 0.481 e. The Balaban J connectivity index is 2.57. The molecule has 0 spiro atoms. The summed E-state index contributed by atoms with van der Waals surface area (Å²) in [5, 5.41) is 11.2. The Morgan fingerprint density at radius 1 is 1.37 bits per heavy atom. The predicted octanol–water partition coefficient (Wildman–Crippen LogP) is 1.57. The van der Waals surface area contributed by atoms with Gasteiger partial charge in [-0.1, -0.05) is 6.92 Å². The molecule has 104 valence electrons. The molecule has 2 unspecified atom stereocenters. The zero-order chi connectivity index (χ0) is 14.4. The summed E-state index contributed by atoms with van der Waals surface area (Å²) in [5.41, 5.74) is 0. The van der Waals surface area contributed by atoms with Gasteiger partial charge < -0.3 is 15.2 Å². The molecule has 1 rings (SSSR count). The summed E-state index contributed by atoms with van der Waals surface area (Å²) in [4.78, 5) is 22.5. The molecule has 2 N–H and O–H groups in total. The number of hydrogen-bond acceptors (Lipinski definition) is 3. The van der Waals surface area contributed by atoms with Gasteiger partial charge in [-0.2, -0.15) is 0 Å². The van der Waals surface area contributed by atoms with Gasteiger partial charge in [0.2, 0.25) is 0 Å². The molecule has 6 heteroatoms. The van der Waals surface area contributed by atoms with Crippen molar-refractivity contribution >= 4 is 11.9 Å². The third kappa shape index (κ3) is 4.57. The first kappa shape index (κ1) is 14.9. The number of carbonyl (C=O) groups excluding carboxylic acids is 1. The molecule has 1 amide bonds. The Morgan fingerprint density at radius 3 is 2.42 bits per heavy atom. The summed E-state index contributed by atoms with van der Waals surface area (Å²) in [6.07, 6.45) is -0.580. The average Bonchev–Trinajstić information content (AvgIpc) is 2.37. The van der Waals surface area contributed by atoms with E-state index in [1.165, 1.54) is 31.2 Å². The molecule has 0 fully saturated rings. The molecule has 0 heterocycles. The number of amides is 1. The van der Waals surface area contributed by atoms with Crippen LogP contribution < -0.4 is 10.1 Å². The van der Waals surface area contributed by atoms with Gasteiger partial charge in [0.25, 0.3) is 5.91 Å². The third-order valence-electron chi connectivity index (χ3n) is 2.52. The van der Waals surface area contributed by atoms with Gasteiger partial charge in [0, 0.05) is 0 Å². The lowest BCUT2D eigenvalue weighted by atomic mass is 10.2. The fourth-order valence-corrected chi connectivity index (χ4v) is 1.40. The topological polar surface area (TPSA) is 75.6 Å². The molecule has 0 saturated heterocycles. The fraction of sp³-hybridized carbons (Fsp3) is 0.385. The Kier molecular flexibility index (Phi) is 5.29. The highest BCUT2D eigenvalue weighted by Gasteiger charge is 2.22. The van der Waals surface area contributed by atoms with Crippen LogP contribution in [-0.2, 0) is 9.59 Å². The summed E-state index contributed by atoms with van der Waals surface area (Å²) in [7, 11) is 0. The van der Waals surface area contributed by atoms with Gasteiger partial charge >= 0.3 is 5.97 Å². The van der Waals surface area contributed by atoms with Gasteiger partial charge in [0.1, 0.15) is 17.6 Å². The summed E-state index contributed by atoms with van der Waals surface area (Å²) >= 11 is 0. The molecule has 0 bridgehead atoms. The monoisotopic (exact) mass is 269 g/mol. The van der Waals surface area contributed by atoms with Crippen molar-refractivity contribution in [3.8, 4) is 5.75 Å². The number of carboxylic acids is 1. The van der Waals surface area contributed by atoms with Crippen molar-refractivity contribution in [1.29, 1.82) is 0 Å². The van der Waals surface area contributed by atoms with E-state index in [9.17, 15) is 14.0 Å². The van der Waals surface area contributed by atoms with Crippen LogP contribution >= 0.6 is 0 Å². The lowest BCUT2D eigenvalue weighted by Crippen LogP contribution is -2.45. The van der Waals surface area contributed by atoms with E-state index < -0.39 is 29.8 Å². The first-order valence-electron chi connectivity index (χ1n) is 5.89. The van der Waals surface area contributed by atoms with Crippen LogP contribution in [0.1, 0.15) is 20.3 Å². The molecular formula is C13H16FNO4. The van der Waals surface area contributed by atoms with E-state index in [0.717, 1.165) is 0 Å². The maximum Gasteiger partial charge on any atom is 0.326 e. The van der Waals surface area contributed by atoms with E-state index in [1.807, 2.05) is 0 Å². The van der Waals surface area contributed by atoms with Gasteiger partial charge in [0.15, 0.2) is 6.10 Å². The van der Waals surface area contributed by atoms with Crippen LogP contribution in [-0.4, -0.2) is 29.1 Å². The maximum atomic E-state index is 12.7. The van der Waals surface area contributed by atoms with Crippen LogP contribution in [0.15, 0.2) is 24.3 Å². The van der Waals surface area contributed by atoms with Gasteiger partial charge in [-0.3, -0.25) is 4.79 Å². The van der Waals surface area contributed by atoms with Crippen molar-refractivity contribution in [2.24, 2.45) is 0 Å². The molecule has 1 aromatic rings. The van der Waals surface area contributed by atoms with Crippen molar-refractivity contribution < 1.29 is 23.8 Å². The smallest absolute Gasteiger partial charge is 0.326 e. The van der Waals surface area contributed by atoms with Crippen molar-refractivity contribution in [3.05, 3.63) is 30.1 Å². The Hall–Kier alpha value is -2.11. The second-order valence-electron chi connectivity index (χ2n) is 4.02. The van der Waals surface area contributed by atoms with Crippen LogP contribution in [0, 0.1) is 5.82 Å². The number of rotatable bonds is 6. The molecule has 0 aliphatic rings. The first-order chi connectivity index (χ1) is 8.93. The molecule has 0 aliphatic heterocycles. The molecule has 5 nitrogen and oxygen atoms in total. The third-order valence-corrected chi connectivity index (χ3v) is 2.52. The quantitative estimate of drug-likeness (QED) is 0.822. The lowest BCUT2D eigenvalue weighted by Gasteiger charge is -2.17. The van der Waals surface area contributed by atoms with Crippen LogP contribution in [0.25, 0.3) is 0 Å². The molecule has 0 aliphatic carbocycles. The van der Waals surface area contributed by atoms with Gasteiger partial charge in [-0.05, 0) is 37.6 Å². The van der Waals surface area contributed by atoms with Crippen LogP contribution in [0.3, 0.4) is 0 Å². The van der Waals surface area contributed by atoms with Crippen molar-refractivity contribution in [1.82, 2.24) is 5.32 Å². The zero-order valence-electron chi connectivity index (χ0n) is 10.7. The first-order valence-corrected chi connectivity index (χ1v) is 5.89. The van der Waals surface area contributed by atoms with E-state index in [4.69, 9.17) is 9.84 Å². The highest BCUT2D eigenvalue weighted by Crippen LogP contribution is 2.13. The summed E-state index contributed by atoms with van der Waals surface area (Å²) in [6.45, 7) is 3.15. The van der Waals surface area contributed by atoms with Gasteiger partial charge in [0.05, 0.1) is 0 Å². The van der Waals surface area contributed by atoms with Gasteiger partial charge in [-0.15, -0.1) is 0 Å². The van der Waals surface area contributed by atoms with Crippen LogP contribution in [0.4, 0.5) is 4.39 Å². The minimum Gasteiger partial charge on any atom is -0.481 e. The second kappa shape index (κ2) is 6.72. The number of hydrogen-bond donors (Lipinski definition) is 2. The van der Waals surface area contributed by atoms with Gasteiger partial charge in [-0.25, -0.2) is 9.18 Å². The van der Waals surface area contributed by atoms with E-state index >= 15 is 0 Å². The molecule has 0 radical (unpaired) electrons. The number of aliphatic carboxylic acids is 1. The summed E-state index contributed by atoms with van der Waals surface area (Å²) < 4.78 is 18.0. The molecule has 19 heavy (non-hydrogen) atoms. The summed E-state index contributed by atoms with van der Waals surface area (Å²) in [6, 6.07) is 4.28. The standard InChI is InChI=1S/C13H16FNO4/c1-3-11(13(17)18)15-12(16)8(2)19-10-6-4-9(14)5-7-10/h4-8,11H,3H2,1-2H3,(H,15,16)(H,17,18). The Morgan fingerprint density at radius 2 is 1.95 bits per heavy atom. The highest BCUT2D eigenvalue weighted by molar-refractivity contribution is 5.86. The maximum absolute atomic E-state index is 12.7. The van der Waals surface area contributed by atoms with E-state index in [-0.39, 0.29) is 6.42 Å². The number of carboxylic acid groups (broad SMARTS) is 1. The average molecular weight is 269 g/mol. The van der Waals surface area contributed by atoms with Crippen molar-refractivity contribution in [2.75, 3.05) is 0 Å². The van der Waals surface area contributed by atoms with Crippen LogP contribution in [0.5, 0.6) is 5.75 Å². The fourth-order valence-electron chi connectivity index (χ4n) is 1.40. The highest BCUT2D eigenvalue weighted by atomic mass is 19.1. The minimum atomic E-state index is -1.09. The number of carbonyl (C=O) groups is 2. The van der Waals surface area contributed by atoms with E-state index in [2.05, 4.69) is 5.32 Å². The number of halogens is 1. The molecule has 1 aromatic carbocycles. The normalized spacial score (nSPS) is 13.4. The minimum absolute atomic E-state index is 0.282. The molecule has 2 atom stereocenters. The number of ether oxygens (including phenoxy) is 1. The summed E-state index contributed by atoms with van der Waals surface area (Å²) in [5.74, 6) is -1.68. The Labute approximate surface area is 110 Å². The van der Waals surface area contributed by atoms with Crippen molar-refractivity contribution in [2.45, 2.75) is 32.4 Å². The second-order valence-corrected chi connectivity index (χ2v) is 4.02. The predicted molar refractivity (Wildman–Crippen MR) is 66.3 cm³/mol. The van der Waals surface area contributed by atoms with E-state index in [0.29, 0.717) is 5.75 Å². The van der Waals surface area contributed by atoms with E-state index in [1.54, 1.807) is 6.92 Å². The molecule has 0 saturated carbocycles. The lowest BCUT2D eigenvalue weighted by molar-refractivity contribution is -0.143. The van der Waals surface area contributed by atoms with Crippen LogP contribution in [0.2, 0.25) is 0 Å². The zero-order valence-corrected chi connectivity index (χ0v) is 10.7. The number of benzene rings is 1. The molecular weight excluding hydrogens is 253 g/mol. The SMILES string of the molecule is CCC(NC(=O)C(C)Oc1ccc(F)cc1)C(=O)O.